The molecule has 1 aromatic carbocycles. The molecule has 0 aliphatic heterocycles. The smallest absolute Gasteiger partial charge is 0.269 e. The van der Waals surface area contributed by atoms with Gasteiger partial charge in [0.25, 0.3) is 5.91 Å². The fourth-order valence-corrected chi connectivity index (χ4v) is 1.82. The van der Waals surface area contributed by atoms with Crippen molar-refractivity contribution in [3.63, 3.8) is 0 Å². The number of carbonyl (C=O) groups excluding carboxylic acids is 1. The number of nitrogens with one attached hydrogen (secondary N) is 2. The third-order valence-electron chi connectivity index (χ3n) is 2.74. The van der Waals surface area contributed by atoms with E-state index in [9.17, 15) is 4.79 Å². The van der Waals surface area contributed by atoms with Crippen molar-refractivity contribution in [2.24, 2.45) is 0 Å². The van der Waals surface area contributed by atoms with Crippen molar-refractivity contribution in [3.05, 3.63) is 48.3 Å². The summed E-state index contributed by atoms with van der Waals surface area (Å²) >= 11 is 0. The Morgan fingerprint density at radius 2 is 1.86 bits per heavy atom. The van der Waals surface area contributed by atoms with E-state index in [0.29, 0.717) is 23.2 Å². The Morgan fingerprint density at radius 3 is 2.48 bits per heavy atom. The van der Waals surface area contributed by atoms with E-state index in [4.69, 9.17) is 4.74 Å². The normalized spacial score (nSPS) is 10.3. The van der Waals surface area contributed by atoms with Crippen LogP contribution in [0, 0.1) is 0 Å². The second-order valence-electron chi connectivity index (χ2n) is 4.88. The van der Waals surface area contributed by atoms with E-state index in [1.165, 1.54) is 0 Å². The van der Waals surface area contributed by atoms with Crippen molar-refractivity contribution in [2.45, 2.75) is 19.9 Å². The monoisotopic (exact) mass is 285 g/mol. The summed E-state index contributed by atoms with van der Waals surface area (Å²) in [7, 11) is 1.57. The lowest BCUT2D eigenvalue weighted by atomic mass is 10.2. The van der Waals surface area contributed by atoms with Crippen LogP contribution in [0.4, 0.5) is 5.69 Å². The highest BCUT2D eigenvalue weighted by Crippen LogP contribution is 2.23. The molecule has 0 spiro atoms. The lowest BCUT2D eigenvalue weighted by Crippen LogP contribution is -2.18. The standard InChI is InChI=1S/C16H19N3O2/c1-11(2)19-12-4-6-13(7-5-12)21-14-8-9-18-15(10-14)16(20)17-3/h4-11,19H,1-3H3,(H,17,20). The maximum atomic E-state index is 11.5. The number of ether oxygens (including phenoxy) is 1. The van der Waals surface area contributed by atoms with Gasteiger partial charge in [0.1, 0.15) is 17.2 Å². The number of aromatic nitrogens is 1. The maximum Gasteiger partial charge on any atom is 0.269 e. The van der Waals surface area contributed by atoms with Crippen LogP contribution in [-0.2, 0) is 0 Å². The van der Waals surface area contributed by atoms with Gasteiger partial charge in [-0.25, -0.2) is 0 Å². The van der Waals surface area contributed by atoms with Gasteiger partial charge in [-0.3, -0.25) is 9.78 Å². The molecule has 0 bridgehead atoms. The average molecular weight is 285 g/mol. The lowest BCUT2D eigenvalue weighted by Gasteiger charge is -2.11. The van der Waals surface area contributed by atoms with Crippen LogP contribution in [0.2, 0.25) is 0 Å². The van der Waals surface area contributed by atoms with E-state index < -0.39 is 0 Å². The summed E-state index contributed by atoms with van der Waals surface area (Å²) in [6.45, 7) is 4.17. The fraction of sp³-hybridized carbons (Fsp3) is 0.250. The van der Waals surface area contributed by atoms with E-state index in [2.05, 4.69) is 29.5 Å². The molecule has 0 atom stereocenters. The van der Waals surface area contributed by atoms with E-state index >= 15 is 0 Å². The highest BCUT2D eigenvalue weighted by atomic mass is 16.5. The predicted octanol–water partition coefficient (Wildman–Crippen LogP) is 3.05. The highest BCUT2D eigenvalue weighted by molar-refractivity contribution is 5.92. The van der Waals surface area contributed by atoms with Gasteiger partial charge in [0.2, 0.25) is 0 Å². The number of rotatable bonds is 5. The van der Waals surface area contributed by atoms with Crippen molar-refractivity contribution < 1.29 is 9.53 Å². The molecule has 0 fully saturated rings. The molecule has 2 N–H and O–H groups in total. The molecule has 110 valence electrons. The van der Waals surface area contributed by atoms with Crippen molar-refractivity contribution in [2.75, 3.05) is 12.4 Å². The lowest BCUT2D eigenvalue weighted by molar-refractivity contribution is 0.0958. The summed E-state index contributed by atoms with van der Waals surface area (Å²) in [5, 5.41) is 5.84. The number of hydrogen-bond acceptors (Lipinski definition) is 4. The van der Waals surface area contributed by atoms with Gasteiger partial charge in [0, 0.05) is 31.0 Å². The fourth-order valence-electron chi connectivity index (χ4n) is 1.82. The van der Waals surface area contributed by atoms with Crippen LogP contribution < -0.4 is 15.4 Å². The van der Waals surface area contributed by atoms with Crippen LogP contribution in [0.3, 0.4) is 0 Å². The highest BCUT2D eigenvalue weighted by Gasteiger charge is 2.06. The summed E-state index contributed by atoms with van der Waals surface area (Å²) in [6.07, 6.45) is 1.55. The van der Waals surface area contributed by atoms with E-state index in [1.807, 2.05) is 24.3 Å². The first-order valence-corrected chi connectivity index (χ1v) is 6.81. The van der Waals surface area contributed by atoms with Crippen LogP contribution in [0.25, 0.3) is 0 Å². The molecule has 5 heteroatoms. The molecule has 2 aromatic rings. The molecule has 0 aliphatic rings. The summed E-state index contributed by atoms with van der Waals surface area (Å²) in [5.74, 6) is 1.04. The van der Waals surface area contributed by atoms with Gasteiger partial charge < -0.3 is 15.4 Å². The molecule has 0 radical (unpaired) electrons. The van der Waals surface area contributed by atoms with Gasteiger partial charge in [-0.1, -0.05) is 0 Å². The molecule has 21 heavy (non-hydrogen) atoms. The van der Waals surface area contributed by atoms with Gasteiger partial charge in [-0.05, 0) is 44.2 Å². The quantitative estimate of drug-likeness (QED) is 0.886. The van der Waals surface area contributed by atoms with Gasteiger partial charge in [0.15, 0.2) is 0 Å². The second-order valence-corrected chi connectivity index (χ2v) is 4.88. The number of amides is 1. The first kappa shape index (κ1) is 14.8. The number of pyridine rings is 1. The second kappa shape index (κ2) is 6.74. The van der Waals surface area contributed by atoms with Crippen molar-refractivity contribution in [3.8, 4) is 11.5 Å². The molecule has 0 saturated heterocycles. The molecule has 1 aromatic heterocycles. The van der Waals surface area contributed by atoms with Crippen molar-refractivity contribution >= 4 is 11.6 Å². The first-order chi connectivity index (χ1) is 10.1. The maximum absolute atomic E-state index is 11.5. The molecular weight excluding hydrogens is 266 g/mol. The molecule has 0 saturated carbocycles. The summed E-state index contributed by atoms with van der Waals surface area (Å²) < 4.78 is 5.73. The van der Waals surface area contributed by atoms with Crippen LogP contribution in [0.5, 0.6) is 11.5 Å². The van der Waals surface area contributed by atoms with Crippen LogP contribution in [-0.4, -0.2) is 24.0 Å². The van der Waals surface area contributed by atoms with Gasteiger partial charge in [-0.15, -0.1) is 0 Å². The minimum atomic E-state index is -0.239. The van der Waals surface area contributed by atoms with Gasteiger partial charge >= 0.3 is 0 Å². The predicted molar refractivity (Wildman–Crippen MR) is 82.9 cm³/mol. The van der Waals surface area contributed by atoms with Gasteiger partial charge in [0.05, 0.1) is 0 Å². The first-order valence-electron chi connectivity index (χ1n) is 6.81. The molecule has 0 unspecified atom stereocenters. The zero-order valence-electron chi connectivity index (χ0n) is 12.4. The molecule has 0 aliphatic carbocycles. The Bertz CT molecular complexity index is 609. The number of carbonyl (C=O) groups is 1. The summed E-state index contributed by atoms with van der Waals surface area (Å²) in [5.41, 5.74) is 1.37. The molecule has 1 amide bonds. The molecular formula is C16H19N3O2. The zero-order chi connectivity index (χ0) is 15.2. The van der Waals surface area contributed by atoms with E-state index in [0.717, 1.165) is 5.69 Å². The molecule has 2 rings (SSSR count). The zero-order valence-corrected chi connectivity index (χ0v) is 12.4. The average Bonchev–Trinajstić information content (AvgIpc) is 2.48. The van der Waals surface area contributed by atoms with E-state index in [-0.39, 0.29) is 5.91 Å². The van der Waals surface area contributed by atoms with Crippen molar-refractivity contribution in [1.29, 1.82) is 0 Å². The Morgan fingerprint density at radius 1 is 1.14 bits per heavy atom. The SMILES string of the molecule is CNC(=O)c1cc(Oc2ccc(NC(C)C)cc2)ccn1. The Labute approximate surface area is 124 Å². The number of nitrogens with zero attached hydrogens (tertiary/aromatic N) is 1. The Hall–Kier alpha value is -2.56. The number of hydrogen-bond donors (Lipinski definition) is 2. The summed E-state index contributed by atoms with van der Waals surface area (Å²) in [4.78, 5) is 15.5. The Kier molecular flexibility index (Phi) is 4.77. The third-order valence-corrected chi connectivity index (χ3v) is 2.74. The summed E-state index contributed by atoms with van der Waals surface area (Å²) in [6, 6.07) is 11.4. The van der Waals surface area contributed by atoms with Crippen LogP contribution >= 0.6 is 0 Å². The van der Waals surface area contributed by atoms with Crippen LogP contribution in [0.15, 0.2) is 42.6 Å². The number of anilines is 1. The molecule has 1 heterocycles. The topological polar surface area (TPSA) is 63.2 Å². The van der Waals surface area contributed by atoms with Crippen molar-refractivity contribution in [1.82, 2.24) is 10.3 Å². The minimum absolute atomic E-state index is 0.239. The largest absolute Gasteiger partial charge is 0.457 e. The van der Waals surface area contributed by atoms with Crippen LogP contribution in [0.1, 0.15) is 24.3 Å². The van der Waals surface area contributed by atoms with E-state index in [1.54, 1.807) is 25.4 Å². The number of benzene rings is 1. The third kappa shape index (κ3) is 4.21. The Balaban J connectivity index is 2.09. The minimum Gasteiger partial charge on any atom is -0.457 e. The molecule has 5 nitrogen and oxygen atoms in total. The van der Waals surface area contributed by atoms with Gasteiger partial charge in [-0.2, -0.15) is 0 Å².